The average Bonchev–Trinajstić information content (AvgIpc) is 3.55. The van der Waals surface area contributed by atoms with Gasteiger partial charge < -0.3 is 4.74 Å². The van der Waals surface area contributed by atoms with Crippen LogP contribution in [-0.2, 0) is 9.53 Å². The Morgan fingerprint density at radius 1 is 1.16 bits per heavy atom. The third-order valence-corrected chi connectivity index (χ3v) is 8.83. The second-order valence-corrected chi connectivity index (χ2v) is 11.3. The van der Waals surface area contributed by atoms with Crippen molar-refractivity contribution in [2.24, 2.45) is 23.7 Å². The van der Waals surface area contributed by atoms with E-state index >= 15 is 0 Å². The molecule has 1 aromatic heterocycles. The Labute approximate surface area is 216 Å². The molecule has 192 valence electrons. The number of imide groups is 1. The number of hydrogen-bond acceptors (Lipinski definition) is 6. The first-order chi connectivity index (χ1) is 17.8. The number of anilines is 1. The first kappa shape index (κ1) is 23.7. The number of ether oxygens (including phenoxy) is 1. The van der Waals surface area contributed by atoms with Gasteiger partial charge in [0, 0.05) is 23.2 Å². The van der Waals surface area contributed by atoms with Crippen LogP contribution in [0.2, 0.25) is 0 Å². The summed E-state index contributed by atoms with van der Waals surface area (Å²) in [7, 11) is 0. The lowest BCUT2D eigenvalue weighted by Crippen LogP contribution is -2.55. The minimum Gasteiger partial charge on any atom is -0.446 e. The first-order valence-electron chi connectivity index (χ1n) is 13.2. The van der Waals surface area contributed by atoms with E-state index in [1.54, 1.807) is 34.1 Å². The maximum Gasteiger partial charge on any atom is 0.411 e. The Morgan fingerprint density at radius 3 is 2.65 bits per heavy atom. The van der Waals surface area contributed by atoms with Gasteiger partial charge >= 0.3 is 12.1 Å². The number of pyridine rings is 1. The minimum atomic E-state index is -0.603. The van der Waals surface area contributed by atoms with Crippen molar-refractivity contribution in [2.75, 3.05) is 11.4 Å². The fourth-order valence-corrected chi connectivity index (χ4v) is 6.97. The molecule has 0 radical (unpaired) electrons. The van der Waals surface area contributed by atoms with Gasteiger partial charge in [-0.15, -0.1) is 0 Å². The van der Waals surface area contributed by atoms with Crippen molar-refractivity contribution >= 4 is 34.5 Å². The summed E-state index contributed by atoms with van der Waals surface area (Å²) >= 11 is 0. The molecule has 4 heterocycles. The molecule has 2 aromatic rings. The molecule has 1 saturated carbocycles. The molecule has 1 aliphatic carbocycles. The monoisotopic (exact) mass is 501 g/mol. The van der Waals surface area contributed by atoms with Crippen LogP contribution >= 0.6 is 0 Å². The summed E-state index contributed by atoms with van der Waals surface area (Å²) in [4.78, 5) is 49.2. The molecule has 4 aliphatic rings. The number of carbonyl (C=O) groups excluding carboxylic acids is 3. The highest BCUT2D eigenvalue weighted by Crippen LogP contribution is 2.46. The molecule has 6 rings (SSSR count). The van der Waals surface area contributed by atoms with Crippen molar-refractivity contribution in [3.8, 4) is 6.07 Å². The molecule has 6 atom stereocenters. The summed E-state index contributed by atoms with van der Waals surface area (Å²) in [6.45, 7) is 6.95. The van der Waals surface area contributed by atoms with E-state index in [0.29, 0.717) is 47.2 Å². The molecule has 2 bridgehead atoms. The molecule has 0 spiro atoms. The van der Waals surface area contributed by atoms with Crippen molar-refractivity contribution in [1.82, 2.24) is 14.8 Å². The van der Waals surface area contributed by atoms with Gasteiger partial charge in [0.05, 0.1) is 11.9 Å². The maximum atomic E-state index is 13.7. The SMILES string of the molecule is CC(C)[C@@H]1CC[C@@H](C)C[C@H]1OC(=O)N1C[C@H]2C[C@H]1N1C(=O)N(c3cnc(C#N)c4ccccc34)C(=O)[C@H]21. The molecule has 3 aliphatic heterocycles. The summed E-state index contributed by atoms with van der Waals surface area (Å²) in [5.74, 6) is 0.822. The van der Waals surface area contributed by atoms with Crippen molar-refractivity contribution in [3.05, 3.63) is 36.2 Å². The van der Waals surface area contributed by atoms with E-state index in [1.807, 2.05) is 0 Å². The van der Waals surface area contributed by atoms with Gasteiger partial charge in [-0.2, -0.15) is 5.26 Å². The van der Waals surface area contributed by atoms with Crippen LogP contribution in [0.5, 0.6) is 0 Å². The lowest BCUT2D eigenvalue weighted by molar-refractivity contribution is -0.121. The van der Waals surface area contributed by atoms with Crippen LogP contribution in [0.4, 0.5) is 15.3 Å². The van der Waals surface area contributed by atoms with E-state index in [2.05, 4.69) is 31.8 Å². The molecule has 4 amide bonds. The van der Waals surface area contributed by atoms with Gasteiger partial charge in [-0.25, -0.2) is 19.5 Å². The molecular weight excluding hydrogens is 470 g/mol. The largest absolute Gasteiger partial charge is 0.446 e. The zero-order chi connectivity index (χ0) is 26.0. The van der Waals surface area contributed by atoms with Crippen LogP contribution in [0, 0.1) is 35.0 Å². The van der Waals surface area contributed by atoms with Crippen LogP contribution in [0.25, 0.3) is 10.8 Å². The highest BCUT2D eigenvalue weighted by atomic mass is 16.6. The Morgan fingerprint density at radius 2 is 1.92 bits per heavy atom. The minimum absolute atomic E-state index is 0.130. The topological polar surface area (TPSA) is 107 Å². The first-order valence-corrected chi connectivity index (χ1v) is 13.2. The number of urea groups is 1. The predicted molar refractivity (Wildman–Crippen MR) is 135 cm³/mol. The predicted octanol–water partition coefficient (Wildman–Crippen LogP) is 4.50. The third kappa shape index (κ3) is 3.57. The normalized spacial score (nSPS) is 30.8. The van der Waals surface area contributed by atoms with E-state index < -0.39 is 18.2 Å². The molecule has 0 unspecified atom stereocenters. The summed E-state index contributed by atoms with van der Waals surface area (Å²) in [6.07, 6.45) is 4.02. The number of amides is 4. The Balaban J connectivity index is 1.26. The van der Waals surface area contributed by atoms with Gasteiger partial charge in [0.25, 0.3) is 5.91 Å². The Hall–Kier alpha value is -3.67. The summed E-state index contributed by atoms with van der Waals surface area (Å²) in [5, 5.41) is 10.7. The van der Waals surface area contributed by atoms with E-state index in [-0.39, 0.29) is 29.7 Å². The molecule has 4 fully saturated rings. The van der Waals surface area contributed by atoms with E-state index in [4.69, 9.17) is 4.74 Å². The molecule has 9 nitrogen and oxygen atoms in total. The number of aromatic nitrogens is 1. The third-order valence-electron chi connectivity index (χ3n) is 8.83. The quantitative estimate of drug-likeness (QED) is 0.573. The van der Waals surface area contributed by atoms with Gasteiger partial charge in [0.1, 0.15) is 30.1 Å². The van der Waals surface area contributed by atoms with Gasteiger partial charge in [-0.05, 0) is 37.0 Å². The van der Waals surface area contributed by atoms with E-state index in [9.17, 15) is 19.6 Å². The summed E-state index contributed by atoms with van der Waals surface area (Å²) < 4.78 is 6.09. The average molecular weight is 502 g/mol. The number of benzene rings is 1. The van der Waals surface area contributed by atoms with Crippen molar-refractivity contribution in [2.45, 2.75) is 64.8 Å². The van der Waals surface area contributed by atoms with Gasteiger partial charge in [-0.3, -0.25) is 14.6 Å². The Kier molecular flexibility index (Phi) is 5.59. The van der Waals surface area contributed by atoms with Crippen LogP contribution < -0.4 is 4.90 Å². The lowest BCUT2D eigenvalue weighted by Gasteiger charge is -2.40. The Bertz CT molecular complexity index is 1340. The fourth-order valence-electron chi connectivity index (χ4n) is 6.97. The number of nitrogens with zero attached hydrogens (tertiary/aromatic N) is 5. The van der Waals surface area contributed by atoms with Gasteiger partial charge in [-0.1, -0.05) is 51.5 Å². The smallest absolute Gasteiger partial charge is 0.411 e. The standard InChI is InChI=1S/C28H31N5O4/c1-15(2)18-9-8-16(3)10-23(18)37-28(36)31-14-17-11-24(31)33-25(17)26(34)32(27(33)35)22-13-30-21(12-29)19-6-4-5-7-20(19)22/h4-7,13,15-18,23-25H,8-11,14H2,1-3H3/t16-,17-,18+,23-,24-,25+/m1/s1. The highest BCUT2D eigenvalue weighted by molar-refractivity contribution is 6.25. The zero-order valence-corrected chi connectivity index (χ0v) is 21.3. The van der Waals surface area contributed by atoms with Crippen LogP contribution in [0.1, 0.15) is 52.1 Å². The molecule has 9 heteroatoms. The van der Waals surface area contributed by atoms with Crippen LogP contribution in [-0.4, -0.2) is 57.7 Å². The lowest BCUT2D eigenvalue weighted by atomic mass is 9.75. The molecule has 3 saturated heterocycles. The van der Waals surface area contributed by atoms with E-state index in [0.717, 1.165) is 19.3 Å². The maximum absolute atomic E-state index is 13.7. The summed E-state index contributed by atoms with van der Waals surface area (Å²) in [5.41, 5.74) is 0.605. The summed E-state index contributed by atoms with van der Waals surface area (Å²) in [6, 6.07) is 8.15. The number of rotatable bonds is 3. The molecule has 0 N–H and O–H groups in total. The molecule has 1 aromatic carbocycles. The van der Waals surface area contributed by atoms with Gasteiger partial charge in [0.2, 0.25) is 0 Å². The van der Waals surface area contributed by atoms with Crippen molar-refractivity contribution < 1.29 is 19.1 Å². The van der Waals surface area contributed by atoms with Crippen LogP contribution in [0.15, 0.2) is 30.5 Å². The van der Waals surface area contributed by atoms with Gasteiger partial charge in [0.15, 0.2) is 0 Å². The number of likely N-dealkylation sites (tertiary alicyclic amines) is 1. The number of fused-ring (bicyclic) bond motifs is 6. The second kappa shape index (κ2) is 8.72. The van der Waals surface area contributed by atoms with Crippen molar-refractivity contribution in [3.63, 3.8) is 0 Å². The number of nitriles is 1. The number of hydrogen-bond donors (Lipinski definition) is 0. The zero-order valence-electron chi connectivity index (χ0n) is 21.3. The van der Waals surface area contributed by atoms with Crippen molar-refractivity contribution in [1.29, 1.82) is 5.26 Å². The second-order valence-electron chi connectivity index (χ2n) is 11.3. The highest BCUT2D eigenvalue weighted by Gasteiger charge is 2.63. The number of carbonyl (C=O) groups is 3. The fraction of sp³-hybridized carbons (Fsp3) is 0.536. The molecular formula is C28H31N5O4. The van der Waals surface area contributed by atoms with E-state index in [1.165, 1.54) is 11.1 Å². The van der Waals surface area contributed by atoms with Crippen LogP contribution in [0.3, 0.4) is 0 Å². The molecule has 37 heavy (non-hydrogen) atoms.